The van der Waals surface area contributed by atoms with Gasteiger partial charge in [-0.25, -0.2) is 0 Å². The second-order valence-electron chi connectivity index (χ2n) is 7.63. The highest BCUT2D eigenvalue weighted by atomic mass is 79.9. The highest BCUT2D eigenvalue weighted by Gasteiger charge is 2.27. The van der Waals surface area contributed by atoms with E-state index in [1.807, 2.05) is 41.3 Å². The molecule has 8 heteroatoms. The summed E-state index contributed by atoms with van der Waals surface area (Å²) < 4.78 is 5.99. The van der Waals surface area contributed by atoms with Gasteiger partial charge in [-0.2, -0.15) is 4.98 Å². The maximum absolute atomic E-state index is 12.8. The molecular weight excluding hydrogens is 460 g/mol. The van der Waals surface area contributed by atoms with Crippen LogP contribution >= 0.6 is 15.9 Å². The van der Waals surface area contributed by atoms with Gasteiger partial charge in [-0.1, -0.05) is 45.4 Å². The van der Waals surface area contributed by atoms with Crippen LogP contribution in [0.1, 0.15) is 34.7 Å². The minimum absolute atomic E-state index is 0.0242. The minimum atomic E-state index is -0.0694. The third-order valence-corrected chi connectivity index (χ3v) is 5.92. The lowest BCUT2D eigenvalue weighted by Gasteiger charge is -2.31. The molecule has 1 N–H and O–H groups in total. The summed E-state index contributed by atoms with van der Waals surface area (Å²) >= 11 is 3.44. The van der Waals surface area contributed by atoms with Crippen molar-refractivity contribution >= 4 is 27.7 Å². The Labute approximate surface area is 189 Å². The van der Waals surface area contributed by atoms with Crippen LogP contribution in [0.25, 0.3) is 11.4 Å². The largest absolute Gasteiger partial charge is 0.352 e. The van der Waals surface area contributed by atoms with E-state index in [0.29, 0.717) is 49.8 Å². The molecular formula is C23H23BrN4O3. The molecule has 0 aliphatic carbocycles. The van der Waals surface area contributed by atoms with Crippen molar-refractivity contribution in [3.63, 3.8) is 0 Å². The molecule has 2 aromatic carbocycles. The first kappa shape index (κ1) is 21.2. The van der Waals surface area contributed by atoms with Gasteiger partial charge < -0.3 is 14.7 Å². The molecule has 31 heavy (non-hydrogen) atoms. The van der Waals surface area contributed by atoms with E-state index in [9.17, 15) is 9.59 Å². The third-order valence-electron chi connectivity index (χ3n) is 5.43. The molecule has 1 aliphatic heterocycles. The lowest BCUT2D eigenvalue weighted by molar-refractivity contribution is -0.126. The van der Waals surface area contributed by atoms with Crippen LogP contribution in [-0.4, -0.2) is 39.9 Å². The lowest BCUT2D eigenvalue weighted by Crippen LogP contribution is -2.42. The Morgan fingerprint density at radius 2 is 1.90 bits per heavy atom. The second kappa shape index (κ2) is 9.43. The van der Waals surface area contributed by atoms with Gasteiger partial charge in [0.05, 0.1) is 0 Å². The van der Waals surface area contributed by atoms with E-state index in [1.165, 1.54) is 0 Å². The number of aromatic nitrogens is 2. The van der Waals surface area contributed by atoms with Crippen LogP contribution in [0.4, 0.5) is 0 Å². The first-order valence-corrected chi connectivity index (χ1v) is 11.0. The van der Waals surface area contributed by atoms with E-state index in [0.717, 1.165) is 15.6 Å². The summed E-state index contributed by atoms with van der Waals surface area (Å²) in [5.74, 6) is 0.959. The van der Waals surface area contributed by atoms with Gasteiger partial charge in [-0.15, -0.1) is 0 Å². The van der Waals surface area contributed by atoms with Crippen molar-refractivity contribution in [3.05, 3.63) is 70.0 Å². The van der Waals surface area contributed by atoms with Crippen LogP contribution in [0.15, 0.2) is 57.5 Å². The van der Waals surface area contributed by atoms with Crippen molar-refractivity contribution in [1.29, 1.82) is 0 Å². The zero-order valence-corrected chi connectivity index (χ0v) is 18.8. The molecule has 1 aromatic heterocycles. The van der Waals surface area contributed by atoms with Gasteiger partial charge in [-0.05, 0) is 42.7 Å². The highest BCUT2D eigenvalue weighted by Crippen LogP contribution is 2.21. The average molecular weight is 483 g/mol. The number of amides is 2. The standard InChI is InChI=1S/C23H23BrN4O3/c1-15-26-21(27-31-15)17-5-7-19(8-6-17)23(30)28-11-9-18(10-12-28)22(29)25-14-16-3-2-4-20(24)13-16/h2-8,13,18H,9-12,14H2,1H3,(H,25,29). The number of likely N-dealkylation sites (tertiary alicyclic amines) is 1. The van der Waals surface area contributed by atoms with Crippen molar-refractivity contribution in [2.24, 2.45) is 5.92 Å². The molecule has 1 aliphatic rings. The van der Waals surface area contributed by atoms with Crippen molar-refractivity contribution in [2.45, 2.75) is 26.3 Å². The molecule has 0 saturated carbocycles. The van der Waals surface area contributed by atoms with Crippen molar-refractivity contribution in [2.75, 3.05) is 13.1 Å². The van der Waals surface area contributed by atoms with Crippen molar-refractivity contribution < 1.29 is 14.1 Å². The smallest absolute Gasteiger partial charge is 0.253 e. The Morgan fingerprint density at radius 1 is 1.16 bits per heavy atom. The minimum Gasteiger partial charge on any atom is -0.352 e. The summed E-state index contributed by atoms with van der Waals surface area (Å²) in [4.78, 5) is 31.4. The topological polar surface area (TPSA) is 88.3 Å². The quantitative estimate of drug-likeness (QED) is 0.593. The molecule has 4 rings (SSSR count). The van der Waals surface area contributed by atoms with E-state index in [4.69, 9.17) is 4.52 Å². The fourth-order valence-corrected chi connectivity index (χ4v) is 4.13. The van der Waals surface area contributed by atoms with Gasteiger partial charge in [-0.3, -0.25) is 9.59 Å². The number of carbonyl (C=O) groups is 2. The second-order valence-corrected chi connectivity index (χ2v) is 8.54. The number of hydrogen-bond donors (Lipinski definition) is 1. The Morgan fingerprint density at radius 3 is 2.55 bits per heavy atom. The molecule has 7 nitrogen and oxygen atoms in total. The van der Waals surface area contributed by atoms with Crippen molar-refractivity contribution in [1.82, 2.24) is 20.4 Å². The molecule has 1 saturated heterocycles. The first-order valence-electron chi connectivity index (χ1n) is 10.2. The number of nitrogens with one attached hydrogen (secondary N) is 1. The monoisotopic (exact) mass is 482 g/mol. The van der Waals surface area contributed by atoms with E-state index >= 15 is 0 Å². The summed E-state index contributed by atoms with van der Waals surface area (Å²) in [6, 6.07) is 15.1. The summed E-state index contributed by atoms with van der Waals surface area (Å²) in [7, 11) is 0. The number of carbonyl (C=O) groups excluding carboxylic acids is 2. The van der Waals surface area contributed by atoms with Crippen LogP contribution in [0, 0.1) is 12.8 Å². The zero-order chi connectivity index (χ0) is 21.8. The molecule has 0 bridgehead atoms. The van der Waals surface area contributed by atoms with E-state index in [1.54, 1.807) is 19.1 Å². The fourth-order valence-electron chi connectivity index (χ4n) is 3.69. The number of nitrogens with zero attached hydrogens (tertiary/aromatic N) is 3. The normalized spacial score (nSPS) is 14.5. The highest BCUT2D eigenvalue weighted by molar-refractivity contribution is 9.10. The van der Waals surface area contributed by atoms with Crippen molar-refractivity contribution in [3.8, 4) is 11.4 Å². The van der Waals surface area contributed by atoms with Crippen LogP contribution in [0.5, 0.6) is 0 Å². The maximum Gasteiger partial charge on any atom is 0.253 e. The van der Waals surface area contributed by atoms with Gasteiger partial charge in [0.2, 0.25) is 17.6 Å². The molecule has 2 amide bonds. The zero-order valence-electron chi connectivity index (χ0n) is 17.2. The predicted molar refractivity (Wildman–Crippen MR) is 119 cm³/mol. The Hall–Kier alpha value is -3.00. The summed E-state index contributed by atoms with van der Waals surface area (Å²) in [5.41, 5.74) is 2.46. The van der Waals surface area contributed by atoms with Crippen LogP contribution < -0.4 is 5.32 Å². The SMILES string of the molecule is Cc1nc(-c2ccc(C(=O)N3CCC(C(=O)NCc4cccc(Br)c4)CC3)cc2)no1. The van der Waals surface area contributed by atoms with Gasteiger partial charge in [0.25, 0.3) is 5.91 Å². The van der Waals surface area contributed by atoms with Crippen LogP contribution in [0.3, 0.4) is 0 Å². The number of piperidine rings is 1. The van der Waals surface area contributed by atoms with E-state index < -0.39 is 0 Å². The summed E-state index contributed by atoms with van der Waals surface area (Å²) in [5, 5.41) is 6.90. The number of hydrogen-bond acceptors (Lipinski definition) is 5. The lowest BCUT2D eigenvalue weighted by atomic mass is 9.95. The molecule has 0 unspecified atom stereocenters. The number of aryl methyl sites for hydroxylation is 1. The molecule has 1 fully saturated rings. The average Bonchev–Trinajstić information content (AvgIpc) is 3.23. The molecule has 0 spiro atoms. The Kier molecular flexibility index (Phi) is 6.46. The molecule has 3 aromatic rings. The summed E-state index contributed by atoms with van der Waals surface area (Å²) in [6.07, 6.45) is 1.33. The molecule has 0 radical (unpaired) electrons. The maximum atomic E-state index is 12.8. The predicted octanol–water partition coefficient (Wildman–Crippen LogP) is 3.98. The summed E-state index contributed by atoms with van der Waals surface area (Å²) in [6.45, 7) is 3.38. The number of benzene rings is 2. The molecule has 0 atom stereocenters. The van der Waals surface area contributed by atoms with Gasteiger partial charge in [0.15, 0.2) is 0 Å². The first-order chi connectivity index (χ1) is 15.0. The van der Waals surface area contributed by atoms with Gasteiger partial charge in [0, 0.05) is 48.1 Å². The molecule has 160 valence electrons. The van der Waals surface area contributed by atoms with E-state index in [2.05, 4.69) is 31.4 Å². The Balaban J connectivity index is 1.29. The van der Waals surface area contributed by atoms with Crippen LogP contribution in [0.2, 0.25) is 0 Å². The third kappa shape index (κ3) is 5.19. The fraction of sp³-hybridized carbons (Fsp3) is 0.304. The number of halogens is 1. The Bertz CT molecular complexity index is 1070. The van der Waals surface area contributed by atoms with E-state index in [-0.39, 0.29) is 17.7 Å². The van der Waals surface area contributed by atoms with Gasteiger partial charge in [0.1, 0.15) is 0 Å². The molecule has 2 heterocycles. The number of rotatable bonds is 5. The van der Waals surface area contributed by atoms with Crippen LogP contribution in [-0.2, 0) is 11.3 Å². The van der Waals surface area contributed by atoms with Gasteiger partial charge >= 0.3 is 0 Å².